The number of fused-ring (bicyclic) bond motifs is 3. The summed E-state index contributed by atoms with van der Waals surface area (Å²) in [5.41, 5.74) is 10.8. The van der Waals surface area contributed by atoms with Gasteiger partial charge in [-0.2, -0.15) is 0 Å². The van der Waals surface area contributed by atoms with Crippen LogP contribution in [0.4, 0.5) is 10.2 Å². The van der Waals surface area contributed by atoms with Crippen LogP contribution < -0.4 is 21.2 Å². The number of benzene rings is 1. The number of aromatic nitrogens is 4. The number of carboxylic acid groups (broad SMARTS) is 1. The van der Waals surface area contributed by atoms with Gasteiger partial charge in [-0.05, 0) is 31.2 Å². The summed E-state index contributed by atoms with van der Waals surface area (Å²) in [4.78, 5) is 25.2. The van der Waals surface area contributed by atoms with Gasteiger partial charge in [0.1, 0.15) is 23.0 Å². The Kier molecular flexibility index (Phi) is 4.59. The van der Waals surface area contributed by atoms with Gasteiger partial charge in [-0.25, -0.2) is 29.6 Å². The van der Waals surface area contributed by atoms with E-state index in [0.29, 0.717) is 48.1 Å². The molecular weight excluding hydrogens is 441 g/mol. The van der Waals surface area contributed by atoms with Gasteiger partial charge in [-0.15, -0.1) is 0 Å². The lowest BCUT2D eigenvalue weighted by Crippen LogP contribution is -2.24. The summed E-state index contributed by atoms with van der Waals surface area (Å²) in [5, 5.41) is 9.53. The Morgan fingerprint density at radius 1 is 1.24 bits per heavy atom. The molecule has 0 amide bonds. The monoisotopic (exact) mass is 461 g/mol. The van der Waals surface area contributed by atoms with Gasteiger partial charge < -0.3 is 15.3 Å². The third-order valence-electron chi connectivity index (χ3n) is 6.19. The molecule has 0 atom stereocenters. The Hall–Kier alpha value is -4.25. The van der Waals surface area contributed by atoms with E-state index >= 15 is 0 Å². The molecule has 10 nitrogen and oxygen atoms in total. The van der Waals surface area contributed by atoms with Crippen LogP contribution in [0.2, 0.25) is 0 Å². The van der Waals surface area contributed by atoms with E-state index in [-0.39, 0.29) is 18.1 Å². The Balaban J connectivity index is 1.46. The highest BCUT2D eigenvalue weighted by molar-refractivity contribution is 5.90. The molecule has 2 aliphatic rings. The Morgan fingerprint density at radius 2 is 2.12 bits per heavy atom. The van der Waals surface area contributed by atoms with Crippen molar-refractivity contribution in [2.75, 3.05) is 12.0 Å². The minimum absolute atomic E-state index is 0.0886. The van der Waals surface area contributed by atoms with E-state index in [1.54, 1.807) is 16.7 Å². The molecular formula is C23H20FN7O3. The smallest absolute Gasteiger partial charge is 0.354 e. The third-order valence-corrected chi connectivity index (χ3v) is 6.19. The first kappa shape index (κ1) is 20.4. The fraction of sp³-hybridized carbons (Fsp3) is 0.217. The van der Waals surface area contributed by atoms with Gasteiger partial charge in [0.2, 0.25) is 5.62 Å². The molecule has 0 unspecified atom stereocenters. The van der Waals surface area contributed by atoms with Gasteiger partial charge in [0.15, 0.2) is 5.69 Å². The molecule has 6 rings (SSSR count). The Labute approximate surface area is 192 Å². The molecule has 2 aliphatic heterocycles. The largest absolute Gasteiger partial charge is 0.493 e. The van der Waals surface area contributed by atoms with E-state index in [9.17, 15) is 14.3 Å². The molecule has 34 heavy (non-hydrogen) atoms. The number of hydrazine groups is 1. The molecule has 0 radical (unpaired) electrons. The molecule has 0 aliphatic carbocycles. The highest BCUT2D eigenvalue weighted by Crippen LogP contribution is 2.32. The summed E-state index contributed by atoms with van der Waals surface area (Å²) in [7, 11) is 0. The SMILES string of the molecule is Cc1ccc(-c2cnc(=NCc3c(F)ccc4c3CCO4)n3c2NNC3)c2ncc(C(=O)O)n12. The summed E-state index contributed by atoms with van der Waals surface area (Å²) in [6.07, 6.45) is 3.67. The van der Waals surface area contributed by atoms with Crippen molar-refractivity contribution >= 4 is 17.4 Å². The number of carbonyl (C=O) groups is 1. The van der Waals surface area contributed by atoms with Crippen molar-refractivity contribution in [2.24, 2.45) is 4.99 Å². The number of hydrogen-bond acceptors (Lipinski definition) is 7. The lowest BCUT2D eigenvalue weighted by Gasteiger charge is -2.12. The summed E-state index contributed by atoms with van der Waals surface area (Å²) < 4.78 is 23.5. The van der Waals surface area contributed by atoms with Gasteiger partial charge in [0.05, 0.1) is 26.0 Å². The fourth-order valence-electron chi connectivity index (χ4n) is 4.56. The van der Waals surface area contributed by atoms with Crippen molar-refractivity contribution in [1.29, 1.82) is 0 Å². The van der Waals surface area contributed by atoms with E-state index in [1.807, 2.05) is 23.6 Å². The number of aromatic carboxylic acids is 1. The first-order valence-electron chi connectivity index (χ1n) is 10.8. The second-order valence-corrected chi connectivity index (χ2v) is 8.12. The number of pyridine rings is 1. The first-order valence-corrected chi connectivity index (χ1v) is 10.8. The maximum atomic E-state index is 14.5. The molecule has 0 bridgehead atoms. The van der Waals surface area contributed by atoms with Gasteiger partial charge in [0, 0.05) is 40.6 Å². The molecule has 3 N–H and O–H groups in total. The van der Waals surface area contributed by atoms with Crippen molar-refractivity contribution in [2.45, 2.75) is 26.6 Å². The highest BCUT2D eigenvalue weighted by Gasteiger charge is 2.22. The van der Waals surface area contributed by atoms with Crippen LogP contribution in [0.25, 0.3) is 16.8 Å². The van der Waals surface area contributed by atoms with E-state index in [0.717, 1.165) is 22.4 Å². The lowest BCUT2D eigenvalue weighted by molar-refractivity contribution is 0.0689. The van der Waals surface area contributed by atoms with Crippen LogP contribution >= 0.6 is 0 Å². The molecule has 172 valence electrons. The van der Waals surface area contributed by atoms with Crippen LogP contribution in [0.5, 0.6) is 5.75 Å². The number of aryl methyl sites for hydroxylation is 1. The van der Waals surface area contributed by atoms with Gasteiger partial charge in [-0.1, -0.05) is 0 Å². The van der Waals surface area contributed by atoms with E-state index in [2.05, 4.69) is 25.8 Å². The van der Waals surface area contributed by atoms with Crippen LogP contribution in [0.3, 0.4) is 0 Å². The summed E-state index contributed by atoms with van der Waals surface area (Å²) in [6.45, 7) is 2.92. The number of imidazole rings is 1. The van der Waals surface area contributed by atoms with Crippen molar-refractivity contribution in [3.05, 3.63) is 70.6 Å². The predicted octanol–water partition coefficient (Wildman–Crippen LogP) is 2.27. The number of nitrogens with one attached hydrogen (secondary N) is 2. The topological polar surface area (TPSA) is 118 Å². The van der Waals surface area contributed by atoms with Crippen molar-refractivity contribution < 1.29 is 19.0 Å². The lowest BCUT2D eigenvalue weighted by atomic mass is 10.0. The molecule has 0 saturated carbocycles. The van der Waals surface area contributed by atoms with Crippen LogP contribution in [0.1, 0.15) is 27.3 Å². The van der Waals surface area contributed by atoms with Crippen LogP contribution in [0.15, 0.2) is 41.7 Å². The van der Waals surface area contributed by atoms with Crippen LogP contribution in [-0.2, 0) is 19.6 Å². The predicted molar refractivity (Wildman–Crippen MR) is 120 cm³/mol. The Bertz CT molecular complexity index is 1560. The van der Waals surface area contributed by atoms with Gasteiger partial charge >= 0.3 is 5.97 Å². The van der Waals surface area contributed by atoms with Gasteiger partial charge in [-0.3, -0.25) is 8.97 Å². The molecule has 3 aromatic heterocycles. The fourth-order valence-corrected chi connectivity index (χ4v) is 4.56. The summed E-state index contributed by atoms with van der Waals surface area (Å²) in [5.74, 6) is 0.0592. The van der Waals surface area contributed by atoms with Crippen molar-refractivity contribution in [3.63, 3.8) is 0 Å². The maximum absolute atomic E-state index is 14.5. The standard InChI is InChI=1S/C23H20FN7O3/c1-12-2-3-14(20-25-10-18(22(32)33)31(12)20)16-9-27-23(30-11-28-29-21(16)30)26-8-15-13-6-7-34-19(13)5-4-17(15)24/h2-5,9-10,28-29H,6-8,11H2,1H3,(H,32,33). The molecule has 0 spiro atoms. The molecule has 5 heterocycles. The van der Waals surface area contributed by atoms with E-state index in [1.165, 1.54) is 12.3 Å². The van der Waals surface area contributed by atoms with E-state index in [4.69, 9.17) is 4.74 Å². The number of nitrogens with zero attached hydrogens (tertiary/aromatic N) is 5. The number of anilines is 1. The minimum atomic E-state index is -1.05. The summed E-state index contributed by atoms with van der Waals surface area (Å²) in [6, 6.07) is 6.79. The summed E-state index contributed by atoms with van der Waals surface area (Å²) >= 11 is 0. The zero-order valence-electron chi connectivity index (χ0n) is 18.2. The van der Waals surface area contributed by atoms with Crippen molar-refractivity contribution in [1.82, 2.24) is 24.4 Å². The maximum Gasteiger partial charge on any atom is 0.354 e. The number of rotatable bonds is 4. The average Bonchev–Trinajstić information content (AvgIpc) is 3.58. The zero-order chi connectivity index (χ0) is 23.4. The number of halogens is 1. The molecule has 1 aromatic carbocycles. The number of hydrogen-bond donors (Lipinski definition) is 3. The first-order chi connectivity index (χ1) is 16.5. The highest BCUT2D eigenvalue weighted by atomic mass is 19.1. The second-order valence-electron chi connectivity index (χ2n) is 8.12. The number of carboxylic acids is 1. The quantitative estimate of drug-likeness (QED) is 0.427. The average molecular weight is 461 g/mol. The van der Waals surface area contributed by atoms with Crippen LogP contribution in [-0.4, -0.2) is 36.6 Å². The molecule has 4 aromatic rings. The minimum Gasteiger partial charge on any atom is -0.493 e. The molecule has 11 heteroatoms. The van der Waals surface area contributed by atoms with Crippen LogP contribution in [0, 0.1) is 12.7 Å². The molecule has 0 saturated heterocycles. The normalized spacial score (nSPS) is 14.7. The third kappa shape index (κ3) is 3.05. The number of ether oxygens (including phenoxy) is 1. The Morgan fingerprint density at radius 3 is 2.97 bits per heavy atom. The van der Waals surface area contributed by atoms with Gasteiger partial charge in [0.25, 0.3) is 0 Å². The zero-order valence-corrected chi connectivity index (χ0v) is 18.2. The second kappa shape index (κ2) is 7.66. The molecule has 0 fully saturated rings. The van der Waals surface area contributed by atoms with E-state index < -0.39 is 5.97 Å². The van der Waals surface area contributed by atoms with Crippen molar-refractivity contribution in [3.8, 4) is 16.9 Å².